The number of rotatable bonds is 4. The molecule has 0 unspecified atom stereocenters. The fourth-order valence-corrected chi connectivity index (χ4v) is 0.934. The molecular weight excluding hydrogens is 200 g/mol. The van der Waals surface area contributed by atoms with Crippen LogP contribution in [0.2, 0.25) is 0 Å². The maximum Gasteiger partial charge on any atom is -0.00848 e. The minimum atomic E-state index is 0.892. The molecule has 0 aromatic rings. The van der Waals surface area contributed by atoms with E-state index in [1.165, 1.54) is 19.3 Å². The number of hydrogen-bond acceptors (Lipinski definition) is 0. The Bertz CT molecular complexity index is 49.9. The highest BCUT2D eigenvalue weighted by Gasteiger charge is 1.95. The molecule has 0 spiro atoms. The predicted molar refractivity (Wildman–Crippen MR) is 58.4 cm³/mol. The van der Waals surface area contributed by atoms with Gasteiger partial charge in [0.1, 0.15) is 0 Å². The minimum Gasteiger partial charge on any atom is -0.0966 e. The van der Waals surface area contributed by atoms with Crippen molar-refractivity contribution in [1.29, 1.82) is 0 Å². The lowest BCUT2D eigenvalue weighted by atomic mass is 10.0. The average molecular weight is 223 g/mol. The first-order chi connectivity index (χ1) is 5.13. The van der Waals surface area contributed by atoms with Crippen LogP contribution in [-0.4, -0.2) is 5.83 Å². The topological polar surface area (TPSA) is 0 Å². The van der Waals surface area contributed by atoms with Gasteiger partial charge in [0.25, 0.3) is 0 Å². The summed E-state index contributed by atoms with van der Waals surface area (Å²) in [5.41, 5.74) is 0. The molecule has 1 heteroatoms. The van der Waals surface area contributed by atoms with E-state index >= 15 is 0 Å². The van der Waals surface area contributed by atoms with Crippen LogP contribution in [0.25, 0.3) is 0 Å². The SMILES string of the molecule is CBr.CC(C)CCCC(C)C. The zero-order chi connectivity index (χ0) is 9.28. The number of hydrogen-bond donors (Lipinski definition) is 0. The van der Waals surface area contributed by atoms with Gasteiger partial charge in [-0.15, -0.1) is 0 Å². The first-order valence-corrected chi connectivity index (χ1v) is 6.09. The van der Waals surface area contributed by atoms with E-state index < -0.39 is 0 Å². The Morgan fingerprint density at radius 3 is 1.27 bits per heavy atom. The Balaban J connectivity index is 0. The summed E-state index contributed by atoms with van der Waals surface area (Å²) in [6.45, 7) is 9.17. The molecule has 0 atom stereocenters. The molecule has 0 aromatic heterocycles. The van der Waals surface area contributed by atoms with Crippen LogP contribution in [0.1, 0.15) is 47.0 Å². The van der Waals surface area contributed by atoms with E-state index in [0.29, 0.717) is 0 Å². The fourth-order valence-electron chi connectivity index (χ4n) is 0.934. The number of alkyl halides is 1. The second-order valence-electron chi connectivity index (χ2n) is 3.72. The molecule has 0 aromatic carbocycles. The van der Waals surface area contributed by atoms with Crippen molar-refractivity contribution in [3.63, 3.8) is 0 Å². The van der Waals surface area contributed by atoms with Gasteiger partial charge in [0.2, 0.25) is 0 Å². The summed E-state index contributed by atoms with van der Waals surface area (Å²) in [5.74, 6) is 3.60. The summed E-state index contributed by atoms with van der Waals surface area (Å²) in [7, 11) is 0. The van der Waals surface area contributed by atoms with Gasteiger partial charge in [-0.1, -0.05) is 62.9 Å². The van der Waals surface area contributed by atoms with Crippen LogP contribution < -0.4 is 0 Å². The normalized spacial score (nSPS) is 9.82. The first-order valence-electron chi connectivity index (χ1n) is 4.50. The largest absolute Gasteiger partial charge is 0.0966 e. The Morgan fingerprint density at radius 2 is 1.09 bits per heavy atom. The van der Waals surface area contributed by atoms with Gasteiger partial charge in [0, 0.05) is 0 Å². The highest BCUT2D eigenvalue weighted by molar-refractivity contribution is 9.08. The third kappa shape index (κ3) is 17.9. The summed E-state index contributed by atoms with van der Waals surface area (Å²) in [6, 6.07) is 0. The van der Waals surface area contributed by atoms with Crippen molar-refractivity contribution >= 4 is 15.9 Å². The quantitative estimate of drug-likeness (QED) is 0.616. The van der Waals surface area contributed by atoms with Crippen LogP contribution in [0.3, 0.4) is 0 Å². The van der Waals surface area contributed by atoms with E-state index in [9.17, 15) is 0 Å². The summed E-state index contributed by atoms with van der Waals surface area (Å²) < 4.78 is 0. The monoisotopic (exact) mass is 222 g/mol. The van der Waals surface area contributed by atoms with E-state index in [0.717, 1.165) is 11.8 Å². The molecule has 0 heterocycles. The molecule has 0 N–H and O–H groups in total. The Hall–Kier alpha value is 0.480. The second kappa shape index (κ2) is 10.5. The minimum absolute atomic E-state index is 0.892. The third-order valence-corrected chi connectivity index (χ3v) is 1.56. The molecular formula is C10H23Br. The van der Waals surface area contributed by atoms with Crippen molar-refractivity contribution in [2.24, 2.45) is 11.8 Å². The molecule has 0 bridgehead atoms. The lowest BCUT2D eigenvalue weighted by molar-refractivity contribution is 0.480. The fraction of sp³-hybridized carbons (Fsp3) is 1.00. The molecule has 0 aliphatic heterocycles. The molecule has 11 heavy (non-hydrogen) atoms. The zero-order valence-electron chi connectivity index (χ0n) is 8.65. The summed E-state index contributed by atoms with van der Waals surface area (Å²) in [4.78, 5) is 0. The molecule has 0 fully saturated rings. The van der Waals surface area contributed by atoms with Crippen molar-refractivity contribution in [2.45, 2.75) is 47.0 Å². The maximum absolute atomic E-state index is 2.94. The van der Waals surface area contributed by atoms with Crippen molar-refractivity contribution in [3.05, 3.63) is 0 Å². The lowest BCUT2D eigenvalue weighted by Gasteiger charge is -2.05. The highest BCUT2D eigenvalue weighted by Crippen LogP contribution is 2.10. The molecule has 0 aliphatic rings. The standard InChI is InChI=1S/C9H20.CH3Br/c1-8(2)6-5-7-9(3)4;1-2/h8-9H,5-7H2,1-4H3;1H3. The molecule has 0 aliphatic carbocycles. The van der Waals surface area contributed by atoms with Crippen LogP contribution in [-0.2, 0) is 0 Å². The van der Waals surface area contributed by atoms with Crippen molar-refractivity contribution < 1.29 is 0 Å². The zero-order valence-corrected chi connectivity index (χ0v) is 10.2. The Kier molecular flexibility index (Phi) is 13.4. The summed E-state index contributed by atoms with van der Waals surface area (Å²) in [6.07, 6.45) is 4.21. The molecule has 0 saturated carbocycles. The highest BCUT2D eigenvalue weighted by atomic mass is 79.9. The van der Waals surface area contributed by atoms with Gasteiger partial charge >= 0.3 is 0 Å². The molecule has 0 radical (unpaired) electrons. The van der Waals surface area contributed by atoms with Gasteiger partial charge in [-0.05, 0) is 17.7 Å². The van der Waals surface area contributed by atoms with E-state index in [1.807, 2.05) is 5.83 Å². The lowest BCUT2D eigenvalue weighted by Crippen LogP contribution is -1.90. The van der Waals surface area contributed by atoms with Crippen LogP contribution in [0.5, 0.6) is 0 Å². The number of halogens is 1. The molecule has 0 amide bonds. The second-order valence-corrected chi connectivity index (χ2v) is 3.72. The van der Waals surface area contributed by atoms with Gasteiger partial charge in [-0.3, -0.25) is 0 Å². The smallest absolute Gasteiger partial charge is 0.00848 e. The average Bonchev–Trinajstić information content (AvgIpc) is 1.90. The van der Waals surface area contributed by atoms with Gasteiger partial charge in [-0.25, -0.2) is 0 Å². The van der Waals surface area contributed by atoms with Gasteiger partial charge in [-0.2, -0.15) is 0 Å². The summed E-state index contributed by atoms with van der Waals surface area (Å²) >= 11 is 2.94. The van der Waals surface area contributed by atoms with E-state index in [-0.39, 0.29) is 0 Å². The van der Waals surface area contributed by atoms with Crippen molar-refractivity contribution in [2.75, 3.05) is 5.83 Å². The van der Waals surface area contributed by atoms with E-state index in [4.69, 9.17) is 0 Å². The van der Waals surface area contributed by atoms with Gasteiger partial charge < -0.3 is 0 Å². The Labute approximate surface area is 80.9 Å². The van der Waals surface area contributed by atoms with Crippen LogP contribution >= 0.6 is 15.9 Å². The van der Waals surface area contributed by atoms with E-state index in [2.05, 4.69) is 43.6 Å². The predicted octanol–water partition coefficient (Wildman–Crippen LogP) is 4.48. The van der Waals surface area contributed by atoms with Crippen molar-refractivity contribution in [3.8, 4) is 0 Å². The van der Waals surface area contributed by atoms with Gasteiger partial charge in [0.15, 0.2) is 0 Å². The first kappa shape index (κ1) is 14.0. The molecule has 70 valence electrons. The van der Waals surface area contributed by atoms with Gasteiger partial charge in [0.05, 0.1) is 0 Å². The Morgan fingerprint density at radius 1 is 0.818 bits per heavy atom. The summed E-state index contributed by atoms with van der Waals surface area (Å²) in [5, 5.41) is 0. The van der Waals surface area contributed by atoms with Crippen LogP contribution in [0.4, 0.5) is 0 Å². The maximum atomic E-state index is 2.94. The van der Waals surface area contributed by atoms with Crippen LogP contribution in [0.15, 0.2) is 0 Å². The molecule has 0 rings (SSSR count). The van der Waals surface area contributed by atoms with Crippen molar-refractivity contribution in [1.82, 2.24) is 0 Å². The third-order valence-electron chi connectivity index (χ3n) is 1.56. The molecule has 0 saturated heterocycles. The molecule has 0 nitrogen and oxygen atoms in total. The van der Waals surface area contributed by atoms with E-state index in [1.54, 1.807) is 0 Å². The van der Waals surface area contributed by atoms with Crippen LogP contribution in [0, 0.1) is 11.8 Å².